The fourth-order valence-corrected chi connectivity index (χ4v) is 3.84. The number of fused-ring (bicyclic) bond motifs is 1. The lowest BCUT2D eigenvalue weighted by Crippen LogP contribution is -2.46. The molecule has 2 atom stereocenters. The molecule has 0 aliphatic carbocycles. The van der Waals surface area contributed by atoms with E-state index in [1.165, 1.54) is 0 Å². The van der Waals surface area contributed by atoms with Crippen LogP contribution in [-0.4, -0.2) is 36.8 Å². The molecule has 3 N–H and O–H groups in total. The normalized spacial score (nSPS) is 28.5. The fraction of sp³-hybridized carbons (Fsp3) is 0.533. The number of hydrogen-bond acceptors (Lipinski definition) is 4. The molecule has 1 aromatic carbocycles. The largest absolute Gasteiger partial charge is 0.388 e. The molecule has 0 aromatic heterocycles. The molecule has 0 bridgehead atoms. The number of nitrogens with zero attached hydrogens (tertiary/aromatic N) is 1. The topological polar surface area (TPSA) is 64.6 Å². The van der Waals surface area contributed by atoms with Crippen LogP contribution in [0.5, 0.6) is 0 Å². The highest BCUT2D eigenvalue weighted by atomic mass is 79.9. The van der Waals surface area contributed by atoms with Crippen LogP contribution >= 0.6 is 15.9 Å². The number of aliphatic hydroxyl groups is 1. The minimum Gasteiger partial charge on any atom is -0.388 e. The van der Waals surface area contributed by atoms with Crippen LogP contribution in [0.2, 0.25) is 0 Å². The number of carbonyl (C=O) groups is 1. The summed E-state index contributed by atoms with van der Waals surface area (Å²) in [5, 5.41) is 16.2. The number of carbonyl (C=O) groups excluding carboxylic acids is 1. The lowest BCUT2D eigenvalue weighted by Gasteiger charge is -2.38. The number of β-amino-alcohol motifs (C(OH)–C–C–N with tert-alkyl or cyclic N) is 1. The zero-order valence-electron chi connectivity index (χ0n) is 12.2. The number of likely N-dealkylation sites (N-methyl/N-ethyl adjacent to an activating group) is 1. The second-order valence-electron chi connectivity index (χ2n) is 6.12. The zero-order chi connectivity index (χ0) is 15.2. The minimum absolute atomic E-state index is 0.0257. The molecule has 1 amide bonds. The Kier molecular flexibility index (Phi) is 3.71. The molecule has 1 fully saturated rings. The smallest absolute Gasteiger partial charge is 0.246 e. The molecule has 1 aromatic rings. The van der Waals surface area contributed by atoms with Crippen molar-refractivity contribution in [3.8, 4) is 0 Å². The van der Waals surface area contributed by atoms with Gasteiger partial charge in [-0.25, -0.2) is 0 Å². The van der Waals surface area contributed by atoms with Crippen molar-refractivity contribution >= 4 is 33.2 Å². The maximum atomic E-state index is 11.9. The number of amides is 1. The standard InChI is InChI=1S/C15H20BrN3O2/c1-15(21)4-3-5-19(8-15)12-7-11-9(6-10(12)16)13(17-2)14(20)18-11/h6-7,13,17,21H,3-5,8H2,1-2H3,(H,18,20). The molecule has 5 nitrogen and oxygen atoms in total. The van der Waals surface area contributed by atoms with Gasteiger partial charge in [-0.1, -0.05) is 0 Å². The Balaban J connectivity index is 1.95. The van der Waals surface area contributed by atoms with Crippen LogP contribution in [-0.2, 0) is 4.79 Å². The van der Waals surface area contributed by atoms with E-state index in [1.54, 1.807) is 7.05 Å². The van der Waals surface area contributed by atoms with E-state index in [0.29, 0.717) is 6.54 Å². The maximum absolute atomic E-state index is 11.9. The van der Waals surface area contributed by atoms with Gasteiger partial charge in [0.25, 0.3) is 0 Å². The third-order valence-electron chi connectivity index (χ3n) is 4.25. The number of halogens is 1. The summed E-state index contributed by atoms with van der Waals surface area (Å²) in [5.74, 6) is -0.0257. The molecule has 0 spiro atoms. The van der Waals surface area contributed by atoms with Crippen molar-refractivity contribution in [2.24, 2.45) is 0 Å². The van der Waals surface area contributed by atoms with Gasteiger partial charge in [-0.2, -0.15) is 0 Å². The first kappa shape index (κ1) is 14.8. The zero-order valence-corrected chi connectivity index (χ0v) is 13.8. The number of rotatable bonds is 2. The van der Waals surface area contributed by atoms with Crippen molar-refractivity contribution in [3.05, 3.63) is 22.2 Å². The SMILES string of the molecule is CNC1C(=O)Nc2cc(N3CCCC(C)(O)C3)c(Br)cc21. The predicted molar refractivity (Wildman–Crippen MR) is 86.6 cm³/mol. The molecule has 2 unspecified atom stereocenters. The van der Waals surface area contributed by atoms with Crippen LogP contribution < -0.4 is 15.5 Å². The summed E-state index contributed by atoms with van der Waals surface area (Å²) in [6.07, 6.45) is 1.78. The Morgan fingerprint density at radius 3 is 2.95 bits per heavy atom. The quantitative estimate of drug-likeness (QED) is 0.760. The fourth-order valence-electron chi connectivity index (χ4n) is 3.23. The van der Waals surface area contributed by atoms with Gasteiger partial charge >= 0.3 is 0 Å². The summed E-state index contributed by atoms with van der Waals surface area (Å²) >= 11 is 3.61. The van der Waals surface area contributed by atoms with Crippen molar-refractivity contribution in [1.82, 2.24) is 5.32 Å². The van der Waals surface area contributed by atoms with E-state index < -0.39 is 5.60 Å². The summed E-state index contributed by atoms with van der Waals surface area (Å²) in [4.78, 5) is 14.1. The number of hydrogen-bond donors (Lipinski definition) is 3. The molecule has 2 heterocycles. The molecule has 114 valence electrons. The van der Waals surface area contributed by atoms with Crippen molar-refractivity contribution in [2.75, 3.05) is 30.4 Å². The van der Waals surface area contributed by atoms with Gasteiger partial charge in [0.2, 0.25) is 5.91 Å². The summed E-state index contributed by atoms with van der Waals surface area (Å²) in [7, 11) is 1.78. The molecule has 0 saturated carbocycles. The number of anilines is 2. The predicted octanol–water partition coefficient (Wildman–Crippen LogP) is 2.01. The lowest BCUT2D eigenvalue weighted by atomic mass is 9.94. The second kappa shape index (κ2) is 5.26. The first-order valence-electron chi connectivity index (χ1n) is 7.20. The Hall–Kier alpha value is -1.11. The molecule has 6 heteroatoms. The number of nitrogens with one attached hydrogen (secondary N) is 2. The second-order valence-corrected chi connectivity index (χ2v) is 6.98. The molecule has 21 heavy (non-hydrogen) atoms. The first-order valence-corrected chi connectivity index (χ1v) is 7.99. The summed E-state index contributed by atoms with van der Waals surface area (Å²) in [5.41, 5.74) is 2.17. The Morgan fingerprint density at radius 1 is 1.52 bits per heavy atom. The Morgan fingerprint density at radius 2 is 2.29 bits per heavy atom. The van der Waals surface area contributed by atoms with Crippen molar-refractivity contribution in [1.29, 1.82) is 0 Å². The van der Waals surface area contributed by atoms with Gasteiger partial charge in [0.1, 0.15) is 6.04 Å². The molecular weight excluding hydrogens is 334 g/mol. The van der Waals surface area contributed by atoms with Gasteiger partial charge in [0.05, 0.1) is 11.3 Å². The minimum atomic E-state index is -0.659. The van der Waals surface area contributed by atoms with Crippen LogP contribution in [0.3, 0.4) is 0 Å². The molecule has 2 aliphatic rings. The van der Waals surface area contributed by atoms with Crippen LogP contribution in [0.1, 0.15) is 31.4 Å². The van der Waals surface area contributed by atoms with E-state index in [2.05, 4.69) is 31.5 Å². The molecule has 1 saturated heterocycles. The average molecular weight is 354 g/mol. The van der Waals surface area contributed by atoms with Crippen molar-refractivity contribution in [3.63, 3.8) is 0 Å². The Bertz CT molecular complexity index is 589. The number of piperidine rings is 1. The van der Waals surface area contributed by atoms with E-state index in [-0.39, 0.29) is 11.9 Å². The van der Waals surface area contributed by atoms with Gasteiger partial charge in [0, 0.05) is 28.8 Å². The van der Waals surface area contributed by atoms with E-state index in [1.807, 2.05) is 19.1 Å². The molecular formula is C15H20BrN3O2. The van der Waals surface area contributed by atoms with Gasteiger partial charge < -0.3 is 20.6 Å². The van der Waals surface area contributed by atoms with Crippen LogP contribution in [0.15, 0.2) is 16.6 Å². The van der Waals surface area contributed by atoms with Crippen LogP contribution in [0, 0.1) is 0 Å². The van der Waals surface area contributed by atoms with Gasteiger partial charge in [-0.05, 0) is 54.9 Å². The van der Waals surface area contributed by atoms with E-state index >= 15 is 0 Å². The highest BCUT2D eigenvalue weighted by Crippen LogP contribution is 2.40. The molecule has 0 radical (unpaired) electrons. The van der Waals surface area contributed by atoms with Crippen LogP contribution in [0.25, 0.3) is 0 Å². The monoisotopic (exact) mass is 353 g/mol. The van der Waals surface area contributed by atoms with E-state index in [0.717, 1.165) is 40.8 Å². The summed E-state index contributed by atoms with van der Waals surface area (Å²) in [6.45, 7) is 3.39. The van der Waals surface area contributed by atoms with Crippen molar-refractivity contribution in [2.45, 2.75) is 31.4 Å². The third-order valence-corrected chi connectivity index (χ3v) is 4.89. The first-order chi connectivity index (χ1) is 9.91. The van der Waals surface area contributed by atoms with Gasteiger partial charge in [-0.15, -0.1) is 0 Å². The number of benzene rings is 1. The maximum Gasteiger partial charge on any atom is 0.246 e. The molecule has 3 rings (SSSR count). The summed E-state index contributed by atoms with van der Waals surface area (Å²) < 4.78 is 0.954. The highest BCUT2D eigenvalue weighted by molar-refractivity contribution is 9.10. The average Bonchev–Trinajstić information content (AvgIpc) is 2.71. The summed E-state index contributed by atoms with van der Waals surface area (Å²) in [6, 6.07) is 3.69. The lowest BCUT2D eigenvalue weighted by molar-refractivity contribution is -0.117. The van der Waals surface area contributed by atoms with Crippen molar-refractivity contribution < 1.29 is 9.90 Å². The Labute approximate surface area is 132 Å². The van der Waals surface area contributed by atoms with E-state index in [9.17, 15) is 9.90 Å². The van der Waals surface area contributed by atoms with Gasteiger partial charge in [-0.3, -0.25) is 4.79 Å². The van der Waals surface area contributed by atoms with E-state index in [4.69, 9.17) is 0 Å². The van der Waals surface area contributed by atoms with Gasteiger partial charge in [0.15, 0.2) is 0 Å². The molecule has 2 aliphatic heterocycles. The van der Waals surface area contributed by atoms with Crippen LogP contribution in [0.4, 0.5) is 11.4 Å². The third kappa shape index (κ3) is 2.67. The highest BCUT2D eigenvalue weighted by Gasteiger charge is 2.33.